The van der Waals surface area contributed by atoms with Crippen molar-refractivity contribution in [1.82, 2.24) is 15.5 Å². The zero-order valence-corrected chi connectivity index (χ0v) is 16.3. The highest BCUT2D eigenvalue weighted by Gasteiger charge is 2.15. The molecule has 1 aliphatic heterocycles. The summed E-state index contributed by atoms with van der Waals surface area (Å²) in [6.45, 7) is 3.53. The van der Waals surface area contributed by atoms with Gasteiger partial charge in [-0.15, -0.1) is 0 Å². The number of hydrogen-bond acceptors (Lipinski definition) is 4. The quantitative estimate of drug-likeness (QED) is 0.667. The standard InChI is InChI=1S/C21H25FN4O3/c1-23-21(28)25-18-14-15(20(27)24-10-13-26-11-2-3-12-26)4-9-19(18)29-17-7-5-16(22)6-8-17/h4-9,14H,2-3,10-13H2,1H3,(H,24,27)(H2,23,25,28). The van der Waals surface area contributed by atoms with Gasteiger partial charge in [0.1, 0.15) is 11.6 Å². The van der Waals surface area contributed by atoms with Gasteiger partial charge in [0, 0.05) is 25.7 Å². The minimum atomic E-state index is -0.444. The zero-order chi connectivity index (χ0) is 20.6. The molecule has 3 N–H and O–H groups in total. The molecular weight excluding hydrogens is 375 g/mol. The zero-order valence-electron chi connectivity index (χ0n) is 16.3. The minimum Gasteiger partial charge on any atom is -0.455 e. The maximum Gasteiger partial charge on any atom is 0.319 e. The number of halogens is 1. The van der Waals surface area contributed by atoms with E-state index in [2.05, 4.69) is 20.9 Å². The molecule has 3 rings (SSSR count). The van der Waals surface area contributed by atoms with Crippen LogP contribution in [0.2, 0.25) is 0 Å². The van der Waals surface area contributed by atoms with Crippen LogP contribution >= 0.6 is 0 Å². The monoisotopic (exact) mass is 400 g/mol. The minimum absolute atomic E-state index is 0.225. The average Bonchev–Trinajstić information content (AvgIpc) is 3.24. The molecule has 0 saturated carbocycles. The van der Waals surface area contributed by atoms with Crippen LogP contribution in [0, 0.1) is 5.82 Å². The van der Waals surface area contributed by atoms with Gasteiger partial charge in [-0.2, -0.15) is 0 Å². The summed E-state index contributed by atoms with van der Waals surface area (Å²) in [5.41, 5.74) is 0.741. The number of ether oxygens (including phenoxy) is 1. The van der Waals surface area contributed by atoms with Crippen molar-refractivity contribution < 1.29 is 18.7 Å². The first-order valence-corrected chi connectivity index (χ1v) is 9.62. The lowest BCUT2D eigenvalue weighted by molar-refractivity contribution is 0.0949. The Labute approximate surface area is 169 Å². The van der Waals surface area contributed by atoms with E-state index in [-0.39, 0.29) is 11.7 Å². The van der Waals surface area contributed by atoms with E-state index < -0.39 is 6.03 Å². The van der Waals surface area contributed by atoms with Crippen LogP contribution in [0.25, 0.3) is 0 Å². The van der Waals surface area contributed by atoms with E-state index in [1.54, 1.807) is 18.2 Å². The molecule has 1 aliphatic rings. The van der Waals surface area contributed by atoms with Crippen molar-refractivity contribution in [2.75, 3.05) is 38.5 Å². The first-order valence-electron chi connectivity index (χ1n) is 9.62. The maximum absolute atomic E-state index is 13.1. The summed E-state index contributed by atoms with van der Waals surface area (Å²) in [5, 5.41) is 8.02. The summed E-state index contributed by atoms with van der Waals surface area (Å²) in [6, 6.07) is 9.87. The van der Waals surface area contributed by atoms with Crippen LogP contribution in [0.4, 0.5) is 14.9 Å². The largest absolute Gasteiger partial charge is 0.455 e. The number of urea groups is 1. The Morgan fingerprint density at radius 3 is 2.52 bits per heavy atom. The molecule has 1 fully saturated rings. The van der Waals surface area contributed by atoms with E-state index in [4.69, 9.17) is 4.74 Å². The number of anilines is 1. The number of hydrogen-bond donors (Lipinski definition) is 3. The lowest BCUT2D eigenvalue weighted by atomic mass is 10.1. The number of rotatable bonds is 7. The molecule has 0 aromatic heterocycles. The molecule has 1 heterocycles. The Balaban J connectivity index is 1.70. The number of likely N-dealkylation sites (tertiary alicyclic amines) is 1. The van der Waals surface area contributed by atoms with E-state index in [0.29, 0.717) is 29.3 Å². The molecule has 0 bridgehead atoms. The van der Waals surface area contributed by atoms with Gasteiger partial charge in [-0.1, -0.05) is 0 Å². The molecule has 29 heavy (non-hydrogen) atoms. The molecule has 0 atom stereocenters. The van der Waals surface area contributed by atoms with Crippen LogP contribution in [-0.2, 0) is 0 Å². The second kappa shape index (κ2) is 9.88. The van der Waals surface area contributed by atoms with Gasteiger partial charge >= 0.3 is 6.03 Å². The number of amides is 3. The van der Waals surface area contributed by atoms with Gasteiger partial charge in [0.15, 0.2) is 5.75 Å². The van der Waals surface area contributed by atoms with Crippen molar-refractivity contribution >= 4 is 17.6 Å². The molecule has 8 heteroatoms. The number of carbonyl (C=O) groups excluding carboxylic acids is 2. The van der Waals surface area contributed by atoms with Gasteiger partial charge in [0.2, 0.25) is 0 Å². The Morgan fingerprint density at radius 1 is 1.10 bits per heavy atom. The smallest absolute Gasteiger partial charge is 0.319 e. The summed E-state index contributed by atoms with van der Waals surface area (Å²) >= 11 is 0. The molecule has 0 aliphatic carbocycles. The normalized spacial score (nSPS) is 13.7. The van der Waals surface area contributed by atoms with Gasteiger partial charge in [-0.05, 0) is 68.4 Å². The molecule has 2 aromatic carbocycles. The van der Waals surface area contributed by atoms with Crippen molar-refractivity contribution in [2.45, 2.75) is 12.8 Å². The highest BCUT2D eigenvalue weighted by Crippen LogP contribution is 2.30. The van der Waals surface area contributed by atoms with E-state index in [9.17, 15) is 14.0 Å². The second-order valence-corrected chi connectivity index (χ2v) is 6.78. The molecule has 2 aromatic rings. The third kappa shape index (κ3) is 5.92. The fraction of sp³-hybridized carbons (Fsp3) is 0.333. The predicted octanol–water partition coefficient (Wildman–Crippen LogP) is 3.19. The molecule has 3 amide bonds. The Bertz CT molecular complexity index is 852. The van der Waals surface area contributed by atoms with Gasteiger partial charge in [-0.25, -0.2) is 9.18 Å². The third-order valence-electron chi connectivity index (χ3n) is 4.67. The topological polar surface area (TPSA) is 82.7 Å². The fourth-order valence-electron chi connectivity index (χ4n) is 3.11. The van der Waals surface area contributed by atoms with Gasteiger partial charge in [0.25, 0.3) is 5.91 Å². The molecule has 0 radical (unpaired) electrons. The number of nitrogens with one attached hydrogen (secondary N) is 3. The van der Waals surface area contributed by atoms with Crippen molar-refractivity contribution in [2.24, 2.45) is 0 Å². The summed E-state index contributed by atoms with van der Waals surface area (Å²) in [7, 11) is 1.49. The molecule has 7 nitrogen and oxygen atoms in total. The van der Waals surface area contributed by atoms with Crippen molar-refractivity contribution in [1.29, 1.82) is 0 Å². The Kier molecular flexibility index (Phi) is 7.02. The molecule has 0 unspecified atom stereocenters. The highest BCUT2D eigenvalue weighted by atomic mass is 19.1. The van der Waals surface area contributed by atoms with Crippen molar-refractivity contribution in [3.8, 4) is 11.5 Å². The molecule has 1 saturated heterocycles. The summed E-state index contributed by atoms with van der Waals surface area (Å²) < 4.78 is 18.8. The van der Waals surface area contributed by atoms with Gasteiger partial charge < -0.3 is 25.6 Å². The number of nitrogens with zero attached hydrogens (tertiary/aromatic N) is 1. The highest BCUT2D eigenvalue weighted by molar-refractivity contribution is 5.98. The van der Waals surface area contributed by atoms with E-state index >= 15 is 0 Å². The summed E-state index contributed by atoms with van der Waals surface area (Å²) in [6.07, 6.45) is 2.41. The lowest BCUT2D eigenvalue weighted by Crippen LogP contribution is -2.33. The average molecular weight is 400 g/mol. The lowest BCUT2D eigenvalue weighted by Gasteiger charge is -2.16. The van der Waals surface area contributed by atoms with Gasteiger partial charge in [0.05, 0.1) is 5.69 Å². The van der Waals surface area contributed by atoms with Crippen LogP contribution in [0.15, 0.2) is 42.5 Å². The fourth-order valence-corrected chi connectivity index (χ4v) is 3.11. The van der Waals surface area contributed by atoms with E-state index in [0.717, 1.165) is 19.6 Å². The van der Waals surface area contributed by atoms with E-state index in [1.807, 2.05) is 0 Å². The first kappa shape index (κ1) is 20.6. The molecule has 0 spiro atoms. The number of carbonyl (C=O) groups is 2. The Morgan fingerprint density at radius 2 is 1.83 bits per heavy atom. The third-order valence-corrected chi connectivity index (χ3v) is 4.67. The predicted molar refractivity (Wildman–Crippen MR) is 109 cm³/mol. The SMILES string of the molecule is CNC(=O)Nc1cc(C(=O)NCCN2CCCC2)ccc1Oc1ccc(F)cc1. The second-order valence-electron chi connectivity index (χ2n) is 6.78. The van der Waals surface area contributed by atoms with E-state index in [1.165, 1.54) is 44.2 Å². The summed E-state index contributed by atoms with van der Waals surface area (Å²) in [4.78, 5) is 26.6. The van der Waals surface area contributed by atoms with Crippen LogP contribution in [-0.4, -0.2) is 50.1 Å². The van der Waals surface area contributed by atoms with Crippen molar-refractivity contribution in [3.63, 3.8) is 0 Å². The molecular formula is C21H25FN4O3. The van der Waals surface area contributed by atoms with Gasteiger partial charge in [-0.3, -0.25) is 4.79 Å². The van der Waals surface area contributed by atoms with Crippen LogP contribution in [0.5, 0.6) is 11.5 Å². The first-order chi connectivity index (χ1) is 14.0. The Hall–Kier alpha value is -3.13. The molecule has 154 valence electrons. The van der Waals surface area contributed by atoms with Crippen LogP contribution in [0.1, 0.15) is 23.2 Å². The van der Waals surface area contributed by atoms with Crippen LogP contribution < -0.4 is 20.7 Å². The maximum atomic E-state index is 13.1. The van der Waals surface area contributed by atoms with Crippen molar-refractivity contribution in [3.05, 3.63) is 53.8 Å². The number of benzene rings is 2. The summed E-state index contributed by atoms with van der Waals surface area (Å²) in [5.74, 6) is 0.155. The van der Waals surface area contributed by atoms with Crippen LogP contribution in [0.3, 0.4) is 0 Å².